The molecule has 0 radical (unpaired) electrons. The fraction of sp³-hybridized carbons (Fsp3) is 1.00. The fourth-order valence-electron chi connectivity index (χ4n) is 4.59. The van der Waals surface area contributed by atoms with E-state index in [9.17, 15) is 5.11 Å². The lowest BCUT2D eigenvalue weighted by Crippen LogP contribution is -2.24. The maximum absolute atomic E-state index is 9.50. The molecule has 2 aliphatic rings. The lowest BCUT2D eigenvalue weighted by Gasteiger charge is -2.13. The molecule has 30 heavy (non-hydrogen) atoms. The number of unbranched alkanes of at least 4 members (excludes halogenated alkanes) is 14. The van der Waals surface area contributed by atoms with Gasteiger partial charge in [0.25, 0.3) is 0 Å². The molecule has 0 bridgehead atoms. The topological polar surface area (TPSA) is 54.5 Å². The average molecular weight is 427 g/mol. The van der Waals surface area contributed by atoms with Crippen LogP contribution in [0.15, 0.2) is 0 Å². The van der Waals surface area contributed by atoms with Crippen LogP contribution in [0.2, 0.25) is 0 Å². The first-order valence-electron chi connectivity index (χ1n) is 13.3. The lowest BCUT2D eigenvalue weighted by atomic mass is 10.0. The van der Waals surface area contributed by atoms with Crippen LogP contribution < -0.4 is 0 Å². The number of ether oxygens (including phenoxy) is 3. The van der Waals surface area contributed by atoms with Crippen molar-refractivity contribution in [3.8, 4) is 0 Å². The SMILES string of the molecule is CCCCCCCCCCC1OC1COC1(CCCCCCCCCC)OC1CO. The Hall–Kier alpha value is -0.160. The summed E-state index contributed by atoms with van der Waals surface area (Å²) in [7, 11) is 0. The Morgan fingerprint density at radius 3 is 1.77 bits per heavy atom. The third-order valence-electron chi connectivity index (χ3n) is 6.84. The summed E-state index contributed by atoms with van der Waals surface area (Å²) in [6, 6.07) is 0. The molecule has 0 aromatic heterocycles. The fourth-order valence-corrected chi connectivity index (χ4v) is 4.59. The summed E-state index contributed by atoms with van der Waals surface area (Å²) in [5.41, 5.74) is 0. The van der Waals surface area contributed by atoms with Crippen molar-refractivity contribution in [2.45, 2.75) is 154 Å². The summed E-state index contributed by atoms with van der Waals surface area (Å²) >= 11 is 0. The van der Waals surface area contributed by atoms with E-state index in [1.165, 1.54) is 96.3 Å². The van der Waals surface area contributed by atoms with Gasteiger partial charge in [-0.2, -0.15) is 0 Å². The van der Waals surface area contributed by atoms with E-state index >= 15 is 0 Å². The van der Waals surface area contributed by atoms with Crippen molar-refractivity contribution in [2.24, 2.45) is 0 Å². The third-order valence-corrected chi connectivity index (χ3v) is 6.84. The van der Waals surface area contributed by atoms with Gasteiger partial charge in [-0.05, 0) is 12.8 Å². The van der Waals surface area contributed by atoms with E-state index in [-0.39, 0.29) is 18.8 Å². The Morgan fingerprint density at radius 1 is 0.700 bits per heavy atom. The van der Waals surface area contributed by atoms with E-state index in [0.29, 0.717) is 12.7 Å². The van der Waals surface area contributed by atoms with Gasteiger partial charge in [-0.1, -0.05) is 110 Å². The minimum Gasteiger partial charge on any atom is -0.393 e. The molecule has 2 rings (SSSR count). The molecule has 2 aliphatic heterocycles. The minimum absolute atomic E-state index is 0.0597. The van der Waals surface area contributed by atoms with E-state index in [1.807, 2.05) is 0 Å². The van der Waals surface area contributed by atoms with Crippen molar-refractivity contribution in [2.75, 3.05) is 13.2 Å². The van der Waals surface area contributed by atoms with E-state index < -0.39 is 5.79 Å². The molecule has 0 amide bonds. The standard InChI is InChI=1S/C26H50O4/c1-3-5-7-9-11-13-15-17-19-23-24(29-23)22-28-26(25(21-27)30-26)20-18-16-14-12-10-8-6-4-2/h23-25,27H,3-22H2,1-2H3. The molecule has 2 heterocycles. The third kappa shape index (κ3) is 10.4. The molecular formula is C26H50O4. The van der Waals surface area contributed by atoms with Crippen molar-refractivity contribution in [1.82, 2.24) is 0 Å². The second-order valence-corrected chi connectivity index (χ2v) is 9.61. The smallest absolute Gasteiger partial charge is 0.197 e. The summed E-state index contributed by atoms with van der Waals surface area (Å²) in [5, 5.41) is 9.50. The zero-order chi connectivity index (χ0) is 21.5. The van der Waals surface area contributed by atoms with Gasteiger partial charge in [-0.3, -0.25) is 0 Å². The summed E-state index contributed by atoms with van der Waals surface area (Å²) < 4.78 is 17.7. The maximum atomic E-state index is 9.50. The normalized spacial score (nSPS) is 27.5. The Kier molecular flexibility index (Phi) is 13.6. The summed E-state index contributed by atoms with van der Waals surface area (Å²) in [5.74, 6) is -0.522. The minimum atomic E-state index is -0.522. The number of hydrogen-bond acceptors (Lipinski definition) is 4. The molecular weight excluding hydrogens is 376 g/mol. The van der Waals surface area contributed by atoms with Crippen LogP contribution >= 0.6 is 0 Å². The van der Waals surface area contributed by atoms with Crippen molar-refractivity contribution < 1.29 is 19.3 Å². The van der Waals surface area contributed by atoms with Crippen LogP contribution in [-0.2, 0) is 14.2 Å². The number of rotatable bonds is 22. The zero-order valence-electron chi connectivity index (χ0n) is 20.0. The van der Waals surface area contributed by atoms with Crippen molar-refractivity contribution in [1.29, 1.82) is 0 Å². The van der Waals surface area contributed by atoms with Crippen LogP contribution in [0.3, 0.4) is 0 Å². The molecule has 2 fully saturated rings. The van der Waals surface area contributed by atoms with Gasteiger partial charge in [0.2, 0.25) is 0 Å². The zero-order valence-corrected chi connectivity index (χ0v) is 20.0. The molecule has 0 spiro atoms. The molecule has 178 valence electrons. The number of aliphatic hydroxyl groups excluding tert-OH is 1. The monoisotopic (exact) mass is 426 g/mol. The molecule has 4 heteroatoms. The molecule has 1 N–H and O–H groups in total. The molecule has 0 saturated carbocycles. The maximum Gasteiger partial charge on any atom is 0.197 e. The molecule has 0 aromatic rings. The van der Waals surface area contributed by atoms with Crippen LogP contribution in [0.4, 0.5) is 0 Å². The predicted octanol–water partition coefficient (Wildman–Crippen LogP) is 6.92. The highest BCUT2D eigenvalue weighted by atomic mass is 16.8. The largest absolute Gasteiger partial charge is 0.393 e. The Balaban J connectivity index is 1.45. The second-order valence-electron chi connectivity index (χ2n) is 9.61. The molecule has 4 unspecified atom stereocenters. The van der Waals surface area contributed by atoms with Crippen molar-refractivity contribution >= 4 is 0 Å². The molecule has 0 aromatic carbocycles. The van der Waals surface area contributed by atoms with Crippen molar-refractivity contribution in [3.63, 3.8) is 0 Å². The van der Waals surface area contributed by atoms with Gasteiger partial charge in [0.05, 0.1) is 19.3 Å². The highest BCUT2D eigenvalue weighted by Crippen LogP contribution is 2.43. The quantitative estimate of drug-likeness (QED) is 0.151. The molecule has 2 saturated heterocycles. The van der Waals surface area contributed by atoms with Crippen LogP contribution in [-0.4, -0.2) is 42.4 Å². The van der Waals surface area contributed by atoms with Gasteiger partial charge < -0.3 is 19.3 Å². The molecule has 4 nitrogen and oxygen atoms in total. The van der Waals surface area contributed by atoms with Crippen LogP contribution in [0.25, 0.3) is 0 Å². The van der Waals surface area contributed by atoms with E-state index in [4.69, 9.17) is 14.2 Å². The van der Waals surface area contributed by atoms with Gasteiger partial charge >= 0.3 is 0 Å². The lowest BCUT2D eigenvalue weighted by molar-refractivity contribution is -0.0561. The van der Waals surface area contributed by atoms with E-state index in [2.05, 4.69) is 13.8 Å². The number of aliphatic hydroxyl groups is 1. The Bertz CT molecular complexity index is 416. The van der Waals surface area contributed by atoms with E-state index in [0.717, 1.165) is 19.3 Å². The van der Waals surface area contributed by atoms with Gasteiger partial charge in [-0.15, -0.1) is 0 Å². The summed E-state index contributed by atoms with van der Waals surface area (Å²) in [4.78, 5) is 0. The predicted molar refractivity (Wildman–Crippen MR) is 124 cm³/mol. The van der Waals surface area contributed by atoms with Crippen molar-refractivity contribution in [3.05, 3.63) is 0 Å². The molecule has 4 atom stereocenters. The van der Waals surface area contributed by atoms with Gasteiger partial charge in [0.15, 0.2) is 5.79 Å². The van der Waals surface area contributed by atoms with Gasteiger partial charge in [0, 0.05) is 6.42 Å². The number of epoxide rings is 2. The highest BCUT2D eigenvalue weighted by Gasteiger charge is 2.58. The first-order chi connectivity index (χ1) is 14.8. The Morgan fingerprint density at radius 2 is 1.23 bits per heavy atom. The summed E-state index contributed by atoms with van der Waals surface area (Å²) in [6.07, 6.45) is 23.9. The molecule has 0 aliphatic carbocycles. The van der Waals surface area contributed by atoms with Crippen LogP contribution in [0.1, 0.15) is 129 Å². The van der Waals surface area contributed by atoms with E-state index in [1.54, 1.807) is 0 Å². The van der Waals surface area contributed by atoms with Gasteiger partial charge in [0.1, 0.15) is 12.2 Å². The average Bonchev–Trinajstić information content (AvgIpc) is 3.66. The highest BCUT2D eigenvalue weighted by molar-refractivity contribution is 4.96. The first kappa shape index (κ1) is 26.1. The Labute approximate surface area is 186 Å². The van der Waals surface area contributed by atoms with Crippen LogP contribution in [0, 0.1) is 0 Å². The summed E-state index contributed by atoms with van der Waals surface area (Å²) in [6.45, 7) is 5.21. The second kappa shape index (κ2) is 15.6. The van der Waals surface area contributed by atoms with Gasteiger partial charge in [-0.25, -0.2) is 0 Å². The van der Waals surface area contributed by atoms with Crippen LogP contribution in [0.5, 0.6) is 0 Å². The number of hydrogen-bond donors (Lipinski definition) is 1. The first-order valence-corrected chi connectivity index (χ1v) is 13.3.